The van der Waals surface area contributed by atoms with Crippen molar-refractivity contribution < 1.29 is 4.79 Å². The summed E-state index contributed by atoms with van der Waals surface area (Å²) in [5, 5.41) is 4.85. The zero-order valence-corrected chi connectivity index (χ0v) is 11.4. The number of H-pyrrole nitrogens is 1. The van der Waals surface area contributed by atoms with Gasteiger partial charge in [0.05, 0.1) is 11.2 Å². The van der Waals surface area contributed by atoms with Crippen LogP contribution in [-0.4, -0.2) is 28.3 Å². The van der Waals surface area contributed by atoms with E-state index in [-0.39, 0.29) is 5.91 Å². The molecule has 1 amide bonds. The van der Waals surface area contributed by atoms with Crippen LogP contribution in [0.5, 0.6) is 0 Å². The van der Waals surface area contributed by atoms with E-state index in [0.29, 0.717) is 18.8 Å². The molecule has 0 saturated heterocycles. The fraction of sp³-hybridized carbons (Fsp3) is 0.333. The van der Waals surface area contributed by atoms with Gasteiger partial charge >= 0.3 is 0 Å². The first-order valence-corrected chi connectivity index (χ1v) is 7.11. The largest absolute Gasteiger partial charge is 0.356 e. The number of thiophene rings is 1. The van der Waals surface area contributed by atoms with Gasteiger partial charge in [-0.3, -0.25) is 4.79 Å². The molecular formula is C12H14ClN3OS. The molecule has 0 bridgehead atoms. The first-order valence-electron chi connectivity index (χ1n) is 5.70. The smallest absolute Gasteiger partial charge is 0.221 e. The van der Waals surface area contributed by atoms with Crippen LogP contribution in [0.25, 0.3) is 10.6 Å². The molecule has 0 fully saturated rings. The maximum absolute atomic E-state index is 11.3. The second-order valence-corrected chi connectivity index (χ2v) is 5.07. The Morgan fingerprint density at radius 3 is 3.17 bits per heavy atom. The van der Waals surface area contributed by atoms with Gasteiger partial charge in [0, 0.05) is 31.0 Å². The number of aromatic amines is 1. The van der Waals surface area contributed by atoms with Crippen LogP contribution in [0.2, 0.25) is 0 Å². The molecule has 0 aliphatic rings. The third kappa shape index (κ3) is 3.34. The highest BCUT2D eigenvalue weighted by atomic mass is 35.5. The highest BCUT2D eigenvalue weighted by Gasteiger charge is 2.09. The van der Waals surface area contributed by atoms with Crippen molar-refractivity contribution in [2.24, 2.45) is 0 Å². The van der Waals surface area contributed by atoms with Crippen LogP contribution in [0.4, 0.5) is 0 Å². The minimum Gasteiger partial charge on any atom is -0.356 e. The van der Waals surface area contributed by atoms with E-state index >= 15 is 0 Å². The Morgan fingerprint density at radius 1 is 1.56 bits per heavy atom. The van der Waals surface area contributed by atoms with Crippen molar-refractivity contribution in [1.29, 1.82) is 0 Å². The van der Waals surface area contributed by atoms with Gasteiger partial charge in [-0.2, -0.15) is 0 Å². The molecule has 4 nitrogen and oxygen atoms in total. The number of hydrogen-bond donors (Lipinski definition) is 2. The zero-order chi connectivity index (χ0) is 12.8. The van der Waals surface area contributed by atoms with Crippen molar-refractivity contribution >= 4 is 28.8 Å². The molecule has 96 valence electrons. The number of nitrogens with zero attached hydrogens (tertiary/aromatic N) is 1. The van der Waals surface area contributed by atoms with Gasteiger partial charge in [0.15, 0.2) is 0 Å². The Morgan fingerprint density at radius 2 is 2.44 bits per heavy atom. The van der Waals surface area contributed by atoms with Crippen molar-refractivity contribution in [1.82, 2.24) is 15.3 Å². The second-order valence-electron chi connectivity index (χ2n) is 3.75. The Kier molecular flexibility index (Phi) is 4.78. The van der Waals surface area contributed by atoms with Crippen LogP contribution >= 0.6 is 22.9 Å². The molecule has 18 heavy (non-hydrogen) atoms. The predicted molar refractivity (Wildman–Crippen MR) is 74.0 cm³/mol. The molecule has 0 aliphatic heterocycles. The molecular weight excluding hydrogens is 270 g/mol. The van der Waals surface area contributed by atoms with Gasteiger partial charge in [-0.05, 0) is 11.4 Å². The first-order chi connectivity index (χ1) is 8.81. The summed E-state index contributed by atoms with van der Waals surface area (Å²) in [4.78, 5) is 19.8. The van der Waals surface area contributed by atoms with Crippen molar-refractivity contribution in [2.75, 3.05) is 12.4 Å². The lowest BCUT2D eigenvalue weighted by molar-refractivity contribution is -0.120. The van der Waals surface area contributed by atoms with Crippen LogP contribution < -0.4 is 5.32 Å². The Bertz CT molecular complexity index is 495. The number of aromatic nitrogens is 2. The summed E-state index contributed by atoms with van der Waals surface area (Å²) < 4.78 is 0. The van der Waals surface area contributed by atoms with Gasteiger partial charge < -0.3 is 10.3 Å². The molecule has 6 heteroatoms. The average Bonchev–Trinajstić information content (AvgIpc) is 2.98. The van der Waals surface area contributed by atoms with E-state index in [4.69, 9.17) is 11.6 Å². The third-order valence-electron chi connectivity index (χ3n) is 2.49. The summed E-state index contributed by atoms with van der Waals surface area (Å²) >= 11 is 7.15. The molecule has 0 aliphatic carbocycles. The van der Waals surface area contributed by atoms with Gasteiger partial charge in [-0.1, -0.05) is 6.07 Å². The van der Waals surface area contributed by atoms with Gasteiger partial charge in [0.1, 0.15) is 5.69 Å². The molecule has 0 saturated carbocycles. The standard InChI is InChI=1S/C12H14ClN3OS/c13-5-3-11(17)14-6-4-9-12(16-8-15-9)10-2-1-7-18-10/h1-2,7-8H,3-6H2,(H,14,17)(H,15,16). The molecule has 2 aromatic heterocycles. The number of alkyl halides is 1. The molecule has 2 rings (SSSR count). The fourth-order valence-corrected chi connectivity index (χ4v) is 2.56. The van der Waals surface area contributed by atoms with E-state index in [0.717, 1.165) is 22.7 Å². The topological polar surface area (TPSA) is 57.8 Å². The molecule has 0 spiro atoms. The minimum atomic E-state index is -0.0119. The number of rotatable bonds is 6. The Balaban J connectivity index is 1.91. The number of amides is 1. The van der Waals surface area contributed by atoms with Gasteiger partial charge in [0.25, 0.3) is 0 Å². The van der Waals surface area contributed by atoms with Gasteiger partial charge in [-0.15, -0.1) is 22.9 Å². The quantitative estimate of drug-likeness (QED) is 0.800. The van der Waals surface area contributed by atoms with E-state index in [9.17, 15) is 4.79 Å². The molecule has 0 atom stereocenters. The van der Waals surface area contributed by atoms with Gasteiger partial charge in [-0.25, -0.2) is 4.98 Å². The maximum atomic E-state index is 11.3. The molecule has 2 heterocycles. The summed E-state index contributed by atoms with van der Waals surface area (Å²) in [5.74, 6) is 0.346. The lowest BCUT2D eigenvalue weighted by Crippen LogP contribution is -2.25. The first kappa shape index (κ1) is 13.1. The number of carbonyl (C=O) groups excluding carboxylic acids is 1. The molecule has 0 aromatic carbocycles. The molecule has 2 aromatic rings. The lowest BCUT2D eigenvalue weighted by Gasteiger charge is -2.04. The maximum Gasteiger partial charge on any atom is 0.221 e. The van der Waals surface area contributed by atoms with Crippen molar-refractivity contribution in [3.8, 4) is 10.6 Å². The van der Waals surface area contributed by atoms with Crippen LogP contribution in [-0.2, 0) is 11.2 Å². The lowest BCUT2D eigenvalue weighted by atomic mass is 10.2. The van der Waals surface area contributed by atoms with E-state index in [1.807, 2.05) is 17.5 Å². The van der Waals surface area contributed by atoms with E-state index in [1.165, 1.54) is 0 Å². The Labute approximate surface area is 114 Å². The summed E-state index contributed by atoms with van der Waals surface area (Å²) in [5.41, 5.74) is 2.01. The van der Waals surface area contributed by atoms with Crippen LogP contribution in [0.3, 0.4) is 0 Å². The normalized spacial score (nSPS) is 10.5. The molecule has 0 unspecified atom stereocenters. The van der Waals surface area contributed by atoms with E-state index in [1.54, 1.807) is 17.7 Å². The second kappa shape index (κ2) is 6.56. The average molecular weight is 284 g/mol. The number of halogens is 1. The fourth-order valence-electron chi connectivity index (χ4n) is 1.64. The highest BCUT2D eigenvalue weighted by Crippen LogP contribution is 2.25. The summed E-state index contributed by atoms with van der Waals surface area (Å²) in [6.07, 6.45) is 2.79. The summed E-state index contributed by atoms with van der Waals surface area (Å²) in [6, 6.07) is 4.04. The third-order valence-corrected chi connectivity index (χ3v) is 3.56. The number of carbonyl (C=O) groups is 1. The molecule has 2 N–H and O–H groups in total. The van der Waals surface area contributed by atoms with Crippen molar-refractivity contribution in [3.05, 3.63) is 29.5 Å². The SMILES string of the molecule is O=C(CCCl)NCCc1[nH]cnc1-c1cccs1. The number of hydrogen-bond acceptors (Lipinski definition) is 3. The van der Waals surface area contributed by atoms with Crippen molar-refractivity contribution in [2.45, 2.75) is 12.8 Å². The van der Waals surface area contributed by atoms with E-state index < -0.39 is 0 Å². The monoisotopic (exact) mass is 283 g/mol. The van der Waals surface area contributed by atoms with Gasteiger partial charge in [0.2, 0.25) is 5.91 Å². The van der Waals surface area contributed by atoms with Crippen molar-refractivity contribution in [3.63, 3.8) is 0 Å². The van der Waals surface area contributed by atoms with E-state index in [2.05, 4.69) is 15.3 Å². The zero-order valence-electron chi connectivity index (χ0n) is 9.78. The summed E-state index contributed by atoms with van der Waals surface area (Å²) in [7, 11) is 0. The van der Waals surface area contributed by atoms with Crippen LogP contribution in [0.15, 0.2) is 23.8 Å². The predicted octanol–water partition coefficient (Wildman–Crippen LogP) is 2.43. The van der Waals surface area contributed by atoms with Crippen LogP contribution in [0.1, 0.15) is 12.1 Å². The molecule has 0 radical (unpaired) electrons. The summed E-state index contributed by atoms with van der Waals surface area (Å²) in [6.45, 7) is 0.594. The number of nitrogens with one attached hydrogen (secondary N) is 2. The minimum absolute atomic E-state index is 0.0119. The number of imidazole rings is 1. The Hall–Kier alpha value is -1.33. The van der Waals surface area contributed by atoms with Crippen LogP contribution in [0, 0.1) is 0 Å². The highest BCUT2D eigenvalue weighted by molar-refractivity contribution is 7.13.